The van der Waals surface area contributed by atoms with E-state index in [0.717, 1.165) is 0 Å². The molecular weight excluding hydrogens is 439 g/mol. The summed E-state index contributed by atoms with van der Waals surface area (Å²) in [7, 11) is 0. The molecule has 0 spiro atoms. The number of aromatic carboxylic acids is 1. The van der Waals surface area contributed by atoms with Gasteiger partial charge in [0.25, 0.3) is 0 Å². The van der Waals surface area contributed by atoms with Gasteiger partial charge in [0.05, 0.1) is 17.4 Å². The molecule has 0 bridgehead atoms. The van der Waals surface area contributed by atoms with E-state index in [4.69, 9.17) is 4.74 Å². The van der Waals surface area contributed by atoms with Crippen molar-refractivity contribution in [3.63, 3.8) is 0 Å². The van der Waals surface area contributed by atoms with Crippen LogP contribution in [-0.4, -0.2) is 27.7 Å². The molecule has 5 rings (SSSR count). The molecule has 1 aliphatic carbocycles. The Kier molecular flexibility index (Phi) is 4.77. The summed E-state index contributed by atoms with van der Waals surface area (Å²) in [6, 6.07) is 8.45. The van der Waals surface area contributed by atoms with Gasteiger partial charge in [-0.1, -0.05) is 36.4 Å². The number of carbonyl (C=O) groups is 2. The molecule has 0 saturated carbocycles. The lowest BCUT2D eigenvalue weighted by molar-refractivity contribution is -0.286. The maximum absolute atomic E-state index is 14.4. The van der Waals surface area contributed by atoms with E-state index in [1.165, 1.54) is 41.0 Å². The van der Waals surface area contributed by atoms with Gasteiger partial charge in [0, 0.05) is 23.1 Å². The van der Waals surface area contributed by atoms with Crippen molar-refractivity contribution in [2.75, 3.05) is 0 Å². The van der Waals surface area contributed by atoms with Crippen molar-refractivity contribution in [2.24, 2.45) is 0 Å². The van der Waals surface area contributed by atoms with Gasteiger partial charge in [0.1, 0.15) is 11.5 Å². The van der Waals surface area contributed by atoms with Crippen molar-refractivity contribution in [3.8, 4) is 11.5 Å². The molecular formula is C24H16F3NO5. The summed E-state index contributed by atoms with van der Waals surface area (Å²) in [6.07, 6.45) is 1.43. The van der Waals surface area contributed by atoms with Gasteiger partial charge in [-0.25, -0.2) is 9.18 Å². The first-order chi connectivity index (χ1) is 15.8. The fourth-order valence-electron chi connectivity index (χ4n) is 4.21. The highest BCUT2D eigenvalue weighted by molar-refractivity contribution is 6.27. The molecule has 0 saturated heterocycles. The number of carboxylic acids is 1. The molecule has 2 heterocycles. The van der Waals surface area contributed by atoms with Crippen LogP contribution in [0.4, 0.5) is 13.2 Å². The lowest BCUT2D eigenvalue weighted by Crippen LogP contribution is -2.26. The molecule has 168 valence electrons. The first-order valence-corrected chi connectivity index (χ1v) is 10.1. The van der Waals surface area contributed by atoms with Crippen LogP contribution in [0.5, 0.6) is 11.5 Å². The lowest BCUT2D eigenvalue weighted by Gasteiger charge is -2.11. The zero-order valence-corrected chi connectivity index (χ0v) is 17.0. The molecule has 2 aromatic carbocycles. The number of ketones is 1. The molecule has 0 amide bonds. The van der Waals surface area contributed by atoms with Gasteiger partial charge >= 0.3 is 12.3 Å². The number of benzene rings is 2. The summed E-state index contributed by atoms with van der Waals surface area (Å²) in [5.74, 6) is -2.97. The Labute approximate surface area is 185 Å². The van der Waals surface area contributed by atoms with E-state index in [-0.39, 0.29) is 63.5 Å². The van der Waals surface area contributed by atoms with E-state index in [0.29, 0.717) is 6.42 Å². The van der Waals surface area contributed by atoms with Gasteiger partial charge in [-0.3, -0.25) is 4.79 Å². The van der Waals surface area contributed by atoms with E-state index in [1.54, 1.807) is 18.2 Å². The van der Waals surface area contributed by atoms with E-state index in [9.17, 15) is 27.9 Å². The number of fused-ring (bicyclic) bond motifs is 3. The summed E-state index contributed by atoms with van der Waals surface area (Å²) in [4.78, 5) is 25.4. The van der Waals surface area contributed by atoms with Crippen LogP contribution in [0.3, 0.4) is 0 Å². The molecule has 0 unspecified atom stereocenters. The number of allylic oxidation sites excluding steroid dienone is 4. The second-order valence-corrected chi connectivity index (χ2v) is 7.63. The number of ether oxygens (including phenoxy) is 2. The van der Waals surface area contributed by atoms with Crippen molar-refractivity contribution in [1.29, 1.82) is 0 Å². The molecule has 3 aromatic rings. The second kappa shape index (κ2) is 7.54. The van der Waals surface area contributed by atoms with Crippen LogP contribution in [0.2, 0.25) is 0 Å². The monoisotopic (exact) mass is 455 g/mol. The fraction of sp³-hybridized carbons (Fsp3) is 0.167. The lowest BCUT2D eigenvalue weighted by atomic mass is 9.96. The molecule has 1 aromatic heterocycles. The van der Waals surface area contributed by atoms with Gasteiger partial charge in [-0.2, -0.15) is 0 Å². The zero-order valence-electron chi connectivity index (χ0n) is 17.0. The van der Waals surface area contributed by atoms with Gasteiger partial charge in [0.15, 0.2) is 17.3 Å². The number of rotatable bonds is 4. The smallest absolute Gasteiger partial charge is 0.477 e. The zero-order chi connectivity index (χ0) is 23.3. The van der Waals surface area contributed by atoms with Gasteiger partial charge < -0.3 is 19.1 Å². The van der Waals surface area contributed by atoms with Gasteiger partial charge in [-0.05, 0) is 24.6 Å². The van der Waals surface area contributed by atoms with Gasteiger partial charge in [-0.15, -0.1) is 8.78 Å². The normalized spacial score (nSPS) is 16.7. The average Bonchev–Trinajstić information content (AvgIpc) is 3.15. The first kappa shape index (κ1) is 20.9. The number of alkyl halides is 2. The molecule has 6 nitrogen and oxygen atoms in total. The predicted octanol–water partition coefficient (Wildman–Crippen LogP) is 5.15. The number of carbonyl (C=O) groups excluding carboxylic acids is 1. The van der Waals surface area contributed by atoms with Crippen LogP contribution in [0.25, 0.3) is 16.5 Å². The third-order valence-electron chi connectivity index (χ3n) is 5.59. The molecule has 33 heavy (non-hydrogen) atoms. The number of halogens is 3. The Morgan fingerprint density at radius 3 is 2.70 bits per heavy atom. The summed E-state index contributed by atoms with van der Waals surface area (Å²) in [6.45, 7) is -0.210. The first-order valence-electron chi connectivity index (χ1n) is 10.1. The number of carboxylic acid groups (broad SMARTS) is 1. The van der Waals surface area contributed by atoms with Crippen molar-refractivity contribution in [1.82, 2.24) is 4.57 Å². The summed E-state index contributed by atoms with van der Waals surface area (Å²) in [5, 5.41) is 10.1. The van der Waals surface area contributed by atoms with Crippen LogP contribution >= 0.6 is 0 Å². The van der Waals surface area contributed by atoms with Crippen LogP contribution in [0, 0.1) is 5.82 Å². The van der Waals surface area contributed by atoms with Crippen molar-refractivity contribution in [3.05, 3.63) is 77.3 Å². The number of hydrogen-bond acceptors (Lipinski definition) is 4. The Balaban J connectivity index is 1.86. The van der Waals surface area contributed by atoms with Crippen LogP contribution in [0.1, 0.15) is 34.5 Å². The highest BCUT2D eigenvalue weighted by Crippen LogP contribution is 2.50. The largest absolute Gasteiger partial charge is 0.586 e. The predicted molar refractivity (Wildman–Crippen MR) is 112 cm³/mol. The minimum Gasteiger partial charge on any atom is -0.477 e. The number of aromatic nitrogens is 1. The SMILES string of the molecule is O=C1CCC=CC=C1c1c(C(=O)O)n(Cc2ccccc2F)c2ccc3c(c12)OC(F)(F)O3. The maximum atomic E-state index is 14.4. The van der Waals surface area contributed by atoms with E-state index >= 15 is 0 Å². The minimum atomic E-state index is -3.95. The molecule has 1 N–H and O–H groups in total. The van der Waals surface area contributed by atoms with Crippen LogP contribution in [-0.2, 0) is 11.3 Å². The fourth-order valence-corrected chi connectivity index (χ4v) is 4.21. The Morgan fingerprint density at radius 1 is 1.15 bits per heavy atom. The number of nitrogens with zero attached hydrogens (tertiary/aromatic N) is 1. The Hall–Kier alpha value is -4.01. The topological polar surface area (TPSA) is 77.8 Å². The highest BCUT2D eigenvalue weighted by atomic mass is 19.3. The van der Waals surface area contributed by atoms with Crippen molar-refractivity contribution >= 4 is 28.2 Å². The number of hydrogen-bond donors (Lipinski definition) is 1. The quantitative estimate of drug-likeness (QED) is 0.589. The molecule has 1 aliphatic heterocycles. The van der Waals surface area contributed by atoms with Gasteiger partial charge in [0.2, 0.25) is 0 Å². The standard InChI is InChI=1S/C24H16F3NO5/c25-15-8-5-4-6-13(15)12-28-16-10-11-18-22(33-24(26,27)32-18)20(16)19(21(28)23(30)31)14-7-2-1-3-9-17(14)29/h1-2,4-8,10-11H,3,9,12H2,(H,30,31). The second-order valence-electron chi connectivity index (χ2n) is 7.63. The molecule has 0 atom stereocenters. The third kappa shape index (κ3) is 3.45. The molecule has 9 heteroatoms. The van der Waals surface area contributed by atoms with E-state index in [2.05, 4.69) is 4.74 Å². The maximum Gasteiger partial charge on any atom is 0.586 e. The van der Waals surface area contributed by atoms with E-state index < -0.39 is 18.1 Å². The van der Waals surface area contributed by atoms with Crippen LogP contribution in [0.15, 0.2) is 54.6 Å². The van der Waals surface area contributed by atoms with E-state index in [1.807, 2.05) is 0 Å². The highest BCUT2D eigenvalue weighted by Gasteiger charge is 2.46. The third-order valence-corrected chi connectivity index (χ3v) is 5.59. The van der Waals surface area contributed by atoms with Crippen molar-refractivity contribution < 1.29 is 37.3 Å². The van der Waals surface area contributed by atoms with Crippen LogP contribution < -0.4 is 9.47 Å². The molecule has 2 aliphatic rings. The molecule has 0 radical (unpaired) electrons. The average molecular weight is 455 g/mol. The van der Waals surface area contributed by atoms with Crippen molar-refractivity contribution in [2.45, 2.75) is 25.7 Å². The number of Topliss-reactive ketones (excluding diaryl/α,β-unsaturated/α-hetero) is 1. The Bertz CT molecular complexity index is 1390. The Morgan fingerprint density at radius 2 is 1.94 bits per heavy atom. The summed E-state index contributed by atoms with van der Waals surface area (Å²) >= 11 is 0. The minimum absolute atomic E-state index is 0.00619. The molecule has 0 fully saturated rings. The summed E-state index contributed by atoms with van der Waals surface area (Å²) < 4.78 is 52.9. The summed E-state index contributed by atoms with van der Waals surface area (Å²) in [5.41, 5.74) is 0.0182.